The number of hydrogen-bond donors (Lipinski definition) is 1. The largest absolute Gasteiger partial charge is 0.349 e. The van der Waals surface area contributed by atoms with Gasteiger partial charge in [-0.25, -0.2) is 4.98 Å². The van der Waals surface area contributed by atoms with Crippen LogP contribution in [0.15, 0.2) is 12.4 Å². The molecule has 3 heterocycles. The van der Waals surface area contributed by atoms with Crippen molar-refractivity contribution in [1.82, 2.24) is 25.1 Å². The number of hydrogen-bond acceptors (Lipinski definition) is 5. The van der Waals surface area contributed by atoms with Crippen LogP contribution in [0.2, 0.25) is 0 Å². The van der Waals surface area contributed by atoms with E-state index >= 15 is 0 Å². The molecule has 2 fully saturated rings. The maximum Gasteiger partial charge on any atom is 0.271 e. The first-order chi connectivity index (χ1) is 11.2. The molecule has 0 radical (unpaired) electrons. The SMILES string of the molecule is CN1CCCC1c1cncc(C(=O)NCCN2CCCCC2)n1. The number of rotatable bonds is 5. The van der Waals surface area contributed by atoms with E-state index in [1.807, 2.05) is 0 Å². The number of carbonyl (C=O) groups is 1. The average Bonchev–Trinajstić information content (AvgIpc) is 3.02. The summed E-state index contributed by atoms with van der Waals surface area (Å²) >= 11 is 0. The zero-order valence-electron chi connectivity index (χ0n) is 14.0. The van der Waals surface area contributed by atoms with Gasteiger partial charge in [0.05, 0.1) is 24.1 Å². The molecule has 1 atom stereocenters. The van der Waals surface area contributed by atoms with Crippen molar-refractivity contribution in [3.63, 3.8) is 0 Å². The van der Waals surface area contributed by atoms with Crippen molar-refractivity contribution in [3.8, 4) is 0 Å². The van der Waals surface area contributed by atoms with Crippen molar-refractivity contribution in [1.29, 1.82) is 0 Å². The van der Waals surface area contributed by atoms with Crippen LogP contribution in [0.5, 0.6) is 0 Å². The molecule has 1 aromatic heterocycles. The highest BCUT2D eigenvalue weighted by atomic mass is 16.1. The lowest BCUT2D eigenvalue weighted by Gasteiger charge is -2.26. The van der Waals surface area contributed by atoms with Crippen LogP contribution in [-0.4, -0.2) is 65.4 Å². The number of nitrogens with zero attached hydrogens (tertiary/aromatic N) is 4. The third kappa shape index (κ3) is 4.26. The summed E-state index contributed by atoms with van der Waals surface area (Å²) in [5.74, 6) is -0.114. The third-order valence-corrected chi connectivity index (χ3v) is 4.91. The molecule has 6 heteroatoms. The topological polar surface area (TPSA) is 61.4 Å². The van der Waals surface area contributed by atoms with Crippen LogP contribution >= 0.6 is 0 Å². The highest BCUT2D eigenvalue weighted by Gasteiger charge is 2.24. The van der Waals surface area contributed by atoms with Gasteiger partial charge in [-0.1, -0.05) is 6.42 Å². The zero-order chi connectivity index (χ0) is 16.1. The summed E-state index contributed by atoms with van der Waals surface area (Å²) in [6, 6.07) is 0.295. The quantitative estimate of drug-likeness (QED) is 0.891. The molecule has 2 aliphatic rings. The van der Waals surface area contributed by atoms with Gasteiger partial charge >= 0.3 is 0 Å². The van der Waals surface area contributed by atoms with Crippen LogP contribution in [0.3, 0.4) is 0 Å². The number of nitrogens with one attached hydrogen (secondary N) is 1. The van der Waals surface area contributed by atoms with E-state index in [-0.39, 0.29) is 5.91 Å². The molecule has 6 nitrogen and oxygen atoms in total. The monoisotopic (exact) mass is 317 g/mol. The van der Waals surface area contributed by atoms with E-state index in [1.165, 1.54) is 25.7 Å². The van der Waals surface area contributed by atoms with Gasteiger partial charge in [0.1, 0.15) is 5.69 Å². The van der Waals surface area contributed by atoms with E-state index in [0.717, 1.165) is 38.3 Å². The normalized spacial score (nSPS) is 23.1. The molecule has 23 heavy (non-hydrogen) atoms. The lowest BCUT2D eigenvalue weighted by atomic mass is 10.1. The lowest BCUT2D eigenvalue weighted by Crippen LogP contribution is -2.38. The highest BCUT2D eigenvalue weighted by molar-refractivity contribution is 5.91. The van der Waals surface area contributed by atoms with Gasteiger partial charge in [-0.15, -0.1) is 0 Å². The number of carbonyl (C=O) groups excluding carboxylic acids is 1. The van der Waals surface area contributed by atoms with Crippen molar-refractivity contribution < 1.29 is 4.79 Å². The molecule has 0 spiro atoms. The van der Waals surface area contributed by atoms with Gasteiger partial charge in [0.25, 0.3) is 5.91 Å². The molecule has 0 bridgehead atoms. The fraction of sp³-hybridized carbons (Fsp3) is 0.706. The second-order valence-corrected chi connectivity index (χ2v) is 6.63. The number of piperidine rings is 1. The Labute approximate surface area is 138 Å². The summed E-state index contributed by atoms with van der Waals surface area (Å²) in [4.78, 5) is 25.7. The summed E-state index contributed by atoms with van der Waals surface area (Å²) in [5, 5.41) is 2.98. The molecule has 3 rings (SSSR count). The molecule has 0 saturated carbocycles. The van der Waals surface area contributed by atoms with Gasteiger partial charge in [0, 0.05) is 13.1 Å². The Hall–Kier alpha value is -1.53. The van der Waals surface area contributed by atoms with E-state index < -0.39 is 0 Å². The Morgan fingerprint density at radius 1 is 1.22 bits per heavy atom. The Balaban J connectivity index is 1.52. The van der Waals surface area contributed by atoms with Gasteiger partial charge in [0.15, 0.2) is 0 Å². The van der Waals surface area contributed by atoms with E-state index in [1.54, 1.807) is 12.4 Å². The minimum Gasteiger partial charge on any atom is -0.349 e. The molecule has 2 aliphatic heterocycles. The maximum atomic E-state index is 12.3. The summed E-state index contributed by atoms with van der Waals surface area (Å²) in [5.41, 5.74) is 1.34. The van der Waals surface area contributed by atoms with Crippen LogP contribution in [0, 0.1) is 0 Å². The Morgan fingerprint density at radius 3 is 2.78 bits per heavy atom. The van der Waals surface area contributed by atoms with Crippen molar-refractivity contribution >= 4 is 5.91 Å². The molecule has 0 aromatic carbocycles. The number of amides is 1. The third-order valence-electron chi connectivity index (χ3n) is 4.91. The first kappa shape index (κ1) is 16.3. The van der Waals surface area contributed by atoms with Crippen LogP contribution in [0.1, 0.15) is 54.3 Å². The average molecular weight is 317 g/mol. The molecule has 1 amide bonds. The number of aromatic nitrogens is 2. The minimum absolute atomic E-state index is 0.114. The Bertz CT molecular complexity index is 529. The smallest absolute Gasteiger partial charge is 0.271 e. The van der Waals surface area contributed by atoms with Crippen molar-refractivity contribution in [2.75, 3.05) is 39.8 Å². The summed E-state index contributed by atoms with van der Waals surface area (Å²) in [6.07, 6.45) is 9.50. The van der Waals surface area contributed by atoms with Crippen LogP contribution in [0.4, 0.5) is 0 Å². The fourth-order valence-electron chi connectivity index (χ4n) is 3.54. The standard InChI is InChI=1S/C17H27N5O/c1-21-8-5-6-16(21)14-12-18-13-15(20-14)17(23)19-7-11-22-9-3-2-4-10-22/h12-13,16H,2-11H2,1H3,(H,19,23). The Kier molecular flexibility index (Phi) is 5.56. The first-order valence-corrected chi connectivity index (χ1v) is 8.77. The summed E-state index contributed by atoms with van der Waals surface area (Å²) in [6.45, 7) is 4.98. The van der Waals surface area contributed by atoms with Crippen LogP contribution in [0.25, 0.3) is 0 Å². The predicted octanol–water partition coefficient (Wildman–Crippen LogP) is 1.46. The van der Waals surface area contributed by atoms with Gasteiger partial charge in [-0.05, 0) is 52.4 Å². The zero-order valence-corrected chi connectivity index (χ0v) is 14.0. The maximum absolute atomic E-state index is 12.3. The molecule has 126 valence electrons. The second-order valence-electron chi connectivity index (χ2n) is 6.63. The molecule has 1 aromatic rings. The van der Waals surface area contributed by atoms with Gasteiger partial charge in [-0.3, -0.25) is 14.7 Å². The minimum atomic E-state index is -0.114. The van der Waals surface area contributed by atoms with E-state index in [9.17, 15) is 4.79 Å². The predicted molar refractivity (Wildman–Crippen MR) is 89.3 cm³/mol. The highest BCUT2D eigenvalue weighted by Crippen LogP contribution is 2.28. The van der Waals surface area contributed by atoms with Crippen LogP contribution < -0.4 is 5.32 Å². The lowest BCUT2D eigenvalue weighted by molar-refractivity contribution is 0.0940. The van der Waals surface area contributed by atoms with Crippen LogP contribution in [-0.2, 0) is 0 Å². The Morgan fingerprint density at radius 2 is 2.04 bits per heavy atom. The summed E-state index contributed by atoms with van der Waals surface area (Å²) in [7, 11) is 2.10. The fourth-order valence-corrected chi connectivity index (χ4v) is 3.54. The summed E-state index contributed by atoms with van der Waals surface area (Å²) < 4.78 is 0. The van der Waals surface area contributed by atoms with E-state index in [0.29, 0.717) is 18.3 Å². The molecular formula is C17H27N5O. The van der Waals surface area contributed by atoms with Crippen molar-refractivity contribution in [2.45, 2.75) is 38.1 Å². The molecule has 0 aliphatic carbocycles. The molecular weight excluding hydrogens is 290 g/mol. The van der Waals surface area contributed by atoms with Gasteiger partial charge in [0.2, 0.25) is 0 Å². The van der Waals surface area contributed by atoms with Gasteiger partial charge < -0.3 is 10.2 Å². The molecule has 2 saturated heterocycles. The molecule has 1 unspecified atom stereocenters. The van der Waals surface area contributed by atoms with Gasteiger partial charge in [-0.2, -0.15) is 0 Å². The first-order valence-electron chi connectivity index (χ1n) is 8.77. The van der Waals surface area contributed by atoms with Crippen molar-refractivity contribution in [2.24, 2.45) is 0 Å². The second kappa shape index (κ2) is 7.84. The molecule has 1 N–H and O–H groups in total. The number of likely N-dealkylation sites (tertiary alicyclic amines) is 2. The van der Waals surface area contributed by atoms with E-state index in [2.05, 4.69) is 32.1 Å². The van der Waals surface area contributed by atoms with Crippen molar-refractivity contribution in [3.05, 3.63) is 23.8 Å². The van der Waals surface area contributed by atoms with E-state index in [4.69, 9.17) is 0 Å².